The first-order valence-electron chi connectivity index (χ1n) is 7.03. The molecule has 0 aliphatic rings. The van der Waals surface area contributed by atoms with E-state index in [1.54, 1.807) is 18.2 Å². The smallest absolute Gasteiger partial charge is 0.313 e. The lowest BCUT2D eigenvalue weighted by molar-refractivity contribution is -0.133. The predicted octanol–water partition coefficient (Wildman–Crippen LogP) is 4.82. The number of benzene rings is 1. The first kappa shape index (κ1) is 19.9. The molecule has 0 bridgehead atoms. The monoisotopic (exact) mass is 318 g/mol. The fraction of sp³-hybridized carbons (Fsp3) is 0.222. The highest BCUT2D eigenvalue weighted by molar-refractivity contribution is 8.14. The molecule has 0 spiro atoms. The summed E-state index contributed by atoms with van der Waals surface area (Å²) in [4.78, 5) is 22.2. The Kier molecular flexibility index (Phi) is 10.5. The van der Waals surface area contributed by atoms with Crippen molar-refractivity contribution in [3.8, 4) is 0 Å². The van der Waals surface area contributed by atoms with Crippen LogP contribution in [-0.4, -0.2) is 21.9 Å². The van der Waals surface area contributed by atoms with E-state index in [2.05, 4.69) is 6.58 Å². The summed E-state index contributed by atoms with van der Waals surface area (Å²) in [5.74, 6) is -1.21. The lowest BCUT2D eigenvalue weighted by Crippen LogP contribution is -2.03. The third-order valence-corrected chi connectivity index (χ3v) is 3.39. The van der Waals surface area contributed by atoms with Gasteiger partial charge in [0.15, 0.2) is 0 Å². The average molecular weight is 318 g/mol. The van der Waals surface area contributed by atoms with Crippen LogP contribution in [0.5, 0.6) is 0 Å². The van der Waals surface area contributed by atoms with E-state index in [1.165, 1.54) is 0 Å². The molecular weight excluding hydrogens is 296 g/mol. The second-order valence-electron chi connectivity index (χ2n) is 3.89. The van der Waals surface area contributed by atoms with Gasteiger partial charge in [-0.25, -0.2) is 0 Å². The quantitative estimate of drug-likeness (QED) is 0.764. The Morgan fingerprint density at radius 3 is 2.18 bits per heavy atom. The number of carboxylic acid groups (broad SMARTS) is 1. The first-order chi connectivity index (χ1) is 10.6. The summed E-state index contributed by atoms with van der Waals surface area (Å²) in [6.07, 6.45) is 7.44. The predicted molar refractivity (Wildman–Crippen MR) is 95.2 cm³/mol. The molecule has 0 aromatic heterocycles. The Morgan fingerprint density at radius 1 is 1.18 bits per heavy atom. The van der Waals surface area contributed by atoms with E-state index in [-0.39, 0.29) is 10.9 Å². The van der Waals surface area contributed by atoms with Crippen LogP contribution >= 0.6 is 11.8 Å². The summed E-state index contributed by atoms with van der Waals surface area (Å²) in [6, 6.07) is 7.10. The van der Waals surface area contributed by atoms with Gasteiger partial charge in [0.1, 0.15) is 0 Å². The van der Waals surface area contributed by atoms with Gasteiger partial charge in [-0.2, -0.15) is 0 Å². The minimum Gasteiger partial charge on any atom is -0.481 e. The molecular formula is C18H22O3S. The Hall–Kier alpha value is -2.07. The van der Waals surface area contributed by atoms with Gasteiger partial charge >= 0.3 is 5.97 Å². The molecule has 0 heterocycles. The molecule has 0 saturated heterocycles. The van der Waals surface area contributed by atoms with Crippen molar-refractivity contribution in [1.82, 2.24) is 0 Å². The molecule has 3 nitrogen and oxygen atoms in total. The van der Waals surface area contributed by atoms with Gasteiger partial charge in [-0.1, -0.05) is 68.6 Å². The zero-order valence-corrected chi connectivity index (χ0v) is 14.0. The maximum Gasteiger partial charge on any atom is 0.313 e. The van der Waals surface area contributed by atoms with Crippen LogP contribution in [0, 0.1) is 0 Å². The summed E-state index contributed by atoms with van der Waals surface area (Å²) < 4.78 is 0. The number of carbonyl (C=O) groups is 2. The fourth-order valence-electron chi connectivity index (χ4n) is 1.54. The van der Waals surface area contributed by atoms with Crippen molar-refractivity contribution in [2.75, 3.05) is 5.75 Å². The van der Waals surface area contributed by atoms with Crippen LogP contribution in [0.15, 0.2) is 55.1 Å². The second-order valence-corrected chi connectivity index (χ2v) is 4.83. The first-order valence-corrected chi connectivity index (χ1v) is 8.01. The van der Waals surface area contributed by atoms with Crippen LogP contribution in [-0.2, 0) is 4.79 Å². The molecule has 1 aromatic carbocycles. The van der Waals surface area contributed by atoms with Crippen LogP contribution in [0.1, 0.15) is 36.7 Å². The number of aliphatic carboxylic acids is 1. The Labute approximate surface area is 136 Å². The number of allylic oxidation sites excluding steroid dienone is 5. The van der Waals surface area contributed by atoms with E-state index in [9.17, 15) is 9.59 Å². The van der Waals surface area contributed by atoms with Gasteiger partial charge < -0.3 is 5.11 Å². The molecule has 0 amide bonds. The lowest BCUT2D eigenvalue weighted by Gasteiger charge is -2.04. The largest absolute Gasteiger partial charge is 0.481 e. The lowest BCUT2D eigenvalue weighted by atomic mass is 10.0. The molecule has 0 unspecified atom stereocenters. The van der Waals surface area contributed by atoms with Gasteiger partial charge in [0, 0.05) is 5.56 Å². The van der Waals surface area contributed by atoms with Gasteiger partial charge in [0.2, 0.25) is 5.12 Å². The molecule has 1 N–H and O–H groups in total. The van der Waals surface area contributed by atoms with E-state index >= 15 is 0 Å². The summed E-state index contributed by atoms with van der Waals surface area (Å²) in [5, 5.41) is 8.31. The third-order valence-electron chi connectivity index (χ3n) is 2.50. The Bertz CT molecular complexity index is 554. The van der Waals surface area contributed by atoms with E-state index < -0.39 is 5.97 Å². The number of hydrogen-bond donors (Lipinski definition) is 1. The number of carboxylic acids is 1. The van der Waals surface area contributed by atoms with Gasteiger partial charge in [0.05, 0.1) is 5.75 Å². The van der Waals surface area contributed by atoms with Crippen LogP contribution < -0.4 is 0 Å². The highest BCUT2D eigenvalue weighted by atomic mass is 32.2. The van der Waals surface area contributed by atoms with Gasteiger partial charge in [-0.15, -0.1) is 0 Å². The normalized spacial score (nSPS) is 10.8. The molecule has 0 radical (unpaired) electrons. The molecule has 118 valence electrons. The standard InChI is InChI=1S/C16H16O3S.C2H6/c1-3-5-6-12(4-2)13-7-9-14(10-8-13)16(19)20-11-15(17)18;1-2/h3-10H,1,11H2,2H3,(H,17,18);1-2H3/b6-5-,12-4+;. The highest BCUT2D eigenvalue weighted by Gasteiger charge is 2.09. The SMILES string of the molecule is C=C/C=C\C(=C/C)c1ccc(C(=O)SCC(=O)O)cc1.CC. The van der Waals surface area contributed by atoms with E-state index in [4.69, 9.17) is 5.11 Å². The fourth-order valence-corrected chi connectivity index (χ4v) is 2.10. The third kappa shape index (κ3) is 7.09. The number of carbonyl (C=O) groups excluding carboxylic acids is 1. The number of thioether (sulfide) groups is 1. The van der Waals surface area contributed by atoms with E-state index in [0.29, 0.717) is 5.56 Å². The summed E-state index contributed by atoms with van der Waals surface area (Å²) in [5.41, 5.74) is 2.52. The topological polar surface area (TPSA) is 54.4 Å². The maximum atomic E-state index is 11.7. The van der Waals surface area contributed by atoms with Crippen molar-refractivity contribution in [1.29, 1.82) is 0 Å². The minimum absolute atomic E-state index is 0.219. The van der Waals surface area contributed by atoms with E-state index in [1.807, 2.05) is 51.1 Å². The summed E-state index contributed by atoms with van der Waals surface area (Å²) in [6.45, 7) is 9.56. The molecule has 0 saturated carbocycles. The van der Waals surface area contributed by atoms with Crippen molar-refractivity contribution >= 4 is 28.4 Å². The maximum absolute atomic E-state index is 11.7. The van der Waals surface area contributed by atoms with Crippen LogP contribution in [0.4, 0.5) is 0 Å². The van der Waals surface area contributed by atoms with Crippen molar-refractivity contribution in [2.24, 2.45) is 0 Å². The molecule has 22 heavy (non-hydrogen) atoms. The highest BCUT2D eigenvalue weighted by Crippen LogP contribution is 2.19. The minimum atomic E-state index is -0.995. The zero-order valence-electron chi connectivity index (χ0n) is 13.2. The van der Waals surface area contributed by atoms with Crippen molar-refractivity contribution < 1.29 is 14.7 Å². The molecule has 4 heteroatoms. The molecule has 1 rings (SSSR count). The van der Waals surface area contributed by atoms with Crippen LogP contribution in [0.25, 0.3) is 5.57 Å². The Morgan fingerprint density at radius 2 is 1.73 bits per heavy atom. The Balaban J connectivity index is 0.00000211. The van der Waals surface area contributed by atoms with Gasteiger partial charge in [-0.05, 0) is 30.2 Å². The number of hydrogen-bond acceptors (Lipinski definition) is 3. The summed E-state index contributed by atoms with van der Waals surface area (Å²) >= 11 is 0.791. The molecule has 0 aliphatic heterocycles. The molecule has 1 aromatic rings. The van der Waals surface area contributed by atoms with Crippen LogP contribution in [0.3, 0.4) is 0 Å². The molecule has 0 aliphatic carbocycles. The second kappa shape index (κ2) is 11.6. The molecule has 0 fully saturated rings. The number of rotatable bonds is 6. The zero-order chi connectivity index (χ0) is 17.0. The van der Waals surface area contributed by atoms with Crippen LogP contribution in [0.2, 0.25) is 0 Å². The van der Waals surface area contributed by atoms with Gasteiger partial charge in [-0.3, -0.25) is 9.59 Å². The van der Waals surface area contributed by atoms with E-state index in [0.717, 1.165) is 22.9 Å². The van der Waals surface area contributed by atoms with Crippen molar-refractivity contribution in [3.63, 3.8) is 0 Å². The summed E-state index contributed by atoms with van der Waals surface area (Å²) in [7, 11) is 0. The van der Waals surface area contributed by atoms with Crippen molar-refractivity contribution in [2.45, 2.75) is 20.8 Å². The molecule has 0 atom stereocenters. The average Bonchev–Trinajstić information content (AvgIpc) is 2.55. The van der Waals surface area contributed by atoms with Gasteiger partial charge in [0.25, 0.3) is 0 Å². The van der Waals surface area contributed by atoms with Crippen molar-refractivity contribution in [3.05, 3.63) is 66.3 Å².